The molecule has 0 bridgehead atoms. The highest BCUT2D eigenvalue weighted by Crippen LogP contribution is 2.13. The van der Waals surface area contributed by atoms with Gasteiger partial charge in [-0.2, -0.15) is 0 Å². The summed E-state index contributed by atoms with van der Waals surface area (Å²) >= 11 is 0. The maximum atomic E-state index is 14.4. The van der Waals surface area contributed by atoms with Gasteiger partial charge in [-0.1, -0.05) is 73.5 Å². The van der Waals surface area contributed by atoms with Gasteiger partial charge in [-0.15, -0.1) is 0 Å². The maximum Gasteiger partial charge on any atom is 0.407 e. The van der Waals surface area contributed by atoms with Crippen molar-refractivity contribution >= 4 is 77.7 Å². The SMILES string of the molecule is CC1CN(C(=O)O)CCN(C(=O)O)CCN(C(=O)O)CCN1CC(=O)NC(Cc1ccccc1)C(=O)NC(Cc1ccccc1)C(=O)NC(CCCCNC(=O)CCCCCCC(=O)NCCCCC(NC(=O)NC(CCC(=O)O)C(=O)O)C(=O)O)C(=O)O. The predicted octanol–water partition coefficient (Wildman–Crippen LogP) is 1.64. The Balaban J connectivity index is 1.50. The molecule has 31 heteroatoms. The molecule has 6 unspecified atom stereocenters. The molecule has 2 aromatic carbocycles. The van der Waals surface area contributed by atoms with Crippen LogP contribution in [0.5, 0.6) is 0 Å². The van der Waals surface area contributed by atoms with Gasteiger partial charge in [-0.25, -0.2) is 33.6 Å². The summed E-state index contributed by atoms with van der Waals surface area (Å²) < 4.78 is 0. The molecule has 2 aromatic rings. The van der Waals surface area contributed by atoms with Gasteiger partial charge in [0.05, 0.1) is 6.54 Å². The predicted molar refractivity (Wildman–Crippen MR) is 316 cm³/mol. The number of carboxylic acid groups (broad SMARTS) is 7. The molecule has 14 N–H and O–H groups in total. The van der Waals surface area contributed by atoms with Crippen molar-refractivity contribution in [3.05, 3.63) is 71.8 Å². The zero-order valence-electron chi connectivity index (χ0n) is 49.8. The number of hydrogen-bond acceptors (Lipinski definition) is 14. The van der Waals surface area contributed by atoms with E-state index in [4.69, 9.17) is 5.11 Å². The molecule has 492 valence electrons. The Morgan fingerprint density at radius 1 is 0.427 bits per heavy atom. The van der Waals surface area contributed by atoms with Gasteiger partial charge in [0, 0.05) is 97.0 Å². The summed E-state index contributed by atoms with van der Waals surface area (Å²) in [6.45, 7) is 0.236. The number of rotatable bonds is 36. The van der Waals surface area contributed by atoms with E-state index in [1.54, 1.807) is 72.5 Å². The van der Waals surface area contributed by atoms with Crippen molar-refractivity contribution in [1.29, 1.82) is 0 Å². The second-order valence-electron chi connectivity index (χ2n) is 21.5. The van der Waals surface area contributed by atoms with Crippen LogP contribution in [0.2, 0.25) is 0 Å². The van der Waals surface area contributed by atoms with E-state index < -0.39 is 122 Å². The van der Waals surface area contributed by atoms with Crippen LogP contribution in [0.15, 0.2) is 60.7 Å². The van der Waals surface area contributed by atoms with Crippen LogP contribution in [0.1, 0.15) is 108 Å². The molecule has 1 aliphatic rings. The lowest BCUT2D eigenvalue weighted by Crippen LogP contribution is -2.58. The first-order chi connectivity index (χ1) is 42.3. The van der Waals surface area contributed by atoms with Crippen LogP contribution < -0.4 is 37.2 Å². The average molecular weight is 1260 g/mol. The molecule has 1 fully saturated rings. The molecule has 0 aromatic heterocycles. The number of hydrogen-bond donors (Lipinski definition) is 14. The fourth-order valence-corrected chi connectivity index (χ4v) is 9.48. The fraction of sp³-hybridized carbons (Fsp3) is 0.569. The van der Waals surface area contributed by atoms with Gasteiger partial charge in [0.25, 0.3) is 0 Å². The first-order valence-corrected chi connectivity index (χ1v) is 29.5. The minimum Gasteiger partial charge on any atom is -0.481 e. The van der Waals surface area contributed by atoms with Crippen molar-refractivity contribution < 1.29 is 98.1 Å². The van der Waals surface area contributed by atoms with Crippen molar-refractivity contribution in [1.82, 2.24) is 56.8 Å². The molecule has 1 saturated heterocycles. The summed E-state index contributed by atoms with van der Waals surface area (Å²) in [5, 5.41) is 85.0. The summed E-state index contributed by atoms with van der Waals surface area (Å²) in [6.07, 6.45) is -1.02. The van der Waals surface area contributed by atoms with Gasteiger partial charge >= 0.3 is 48.2 Å². The molecule has 6 atom stereocenters. The summed E-state index contributed by atoms with van der Waals surface area (Å²) in [5.74, 6) is -8.23. The number of nitrogens with zero attached hydrogens (tertiary/aromatic N) is 4. The van der Waals surface area contributed by atoms with Crippen LogP contribution in [0.4, 0.5) is 19.2 Å². The summed E-state index contributed by atoms with van der Waals surface area (Å²) in [7, 11) is 0. The highest BCUT2D eigenvalue weighted by molar-refractivity contribution is 5.94. The van der Waals surface area contributed by atoms with Crippen molar-refractivity contribution in [2.75, 3.05) is 65.4 Å². The van der Waals surface area contributed by atoms with E-state index in [0.717, 1.165) is 14.7 Å². The van der Waals surface area contributed by atoms with E-state index in [0.29, 0.717) is 56.1 Å². The number of benzene rings is 2. The topological polar surface area (TPSA) is 461 Å². The zero-order valence-corrected chi connectivity index (χ0v) is 49.8. The van der Waals surface area contributed by atoms with E-state index in [1.807, 2.05) is 0 Å². The van der Waals surface area contributed by atoms with E-state index in [-0.39, 0.29) is 116 Å². The molecule has 89 heavy (non-hydrogen) atoms. The number of carboxylic acids is 4. The van der Waals surface area contributed by atoms with Crippen LogP contribution in [-0.4, -0.2) is 235 Å². The van der Waals surface area contributed by atoms with Gasteiger partial charge in [0.1, 0.15) is 30.2 Å². The van der Waals surface area contributed by atoms with Crippen molar-refractivity contribution in [3.63, 3.8) is 0 Å². The lowest BCUT2D eigenvalue weighted by molar-refractivity contribution is -0.143. The average Bonchev–Trinajstić information content (AvgIpc) is 3.68. The molecule has 0 spiro atoms. The van der Waals surface area contributed by atoms with Gasteiger partial charge in [0.2, 0.25) is 29.5 Å². The molecule has 31 nitrogen and oxygen atoms in total. The number of carbonyl (C=O) groups is 13. The lowest BCUT2D eigenvalue weighted by atomic mass is 10.0. The molecule has 1 heterocycles. The third-order valence-electron chi connectivity index (χ3n) is 14.6. The monoisotopic (exact) mass is 1260 g/mol. The van der Waals surface area contributed by atoms with Crippen LogP contribution in [-0.2, 0) is 56.0 Å². The van der Waals surface area contributed by atoms with Crippen LogP contribution >= 0.6 is 0 Å². The van der Waals surface area contributed by atoms with E-state index >= 15 is 0 Å². The Morgan fingerprint density at radius 2 is 0.820 bits per heavy atom. The Kier molecular flexibility index (Phi) is 33.4. The smallest absolute Gasteiger partial charge is 0.407 e. The van der Waals surface area contributed by atoms with Gasteiger partial charge < -0.3 is 87.7 Å². The molecule has 0 radical (unpaired) electrons. The number of urea groups is 1. The Morgan fingerprint density at radius 3 is 1.25 bits per heavy atom. The molecule has 10 amide bonds. The maximum absolute atomic E-state index is 14.4. The standard InChI is InChI=1S/C58H85N11O20/c1-38-36-69(58(88)89)33-31-67(57(86)87)29-28-66(56(84)85)30-32-68(38)37-48(72)61-44(34-39-16-6-4-7-17-39)50(75)63-45(35-40-18-8-5-9-19-40)51(76)62-41(52(77)78)20-12-14-26-59-46(70)22-10-2-3-11-23-47(71)60-27-15-13-21-42(53(79)80)64-55(83)65-43(54(81)82)24-25-49(73)74/h4-9,16-19,38,41-45H,2-3,10-15,20-37H2,1H3,(H,59,70)(H,60,71)(H,61,72)(H,62,76)(H,63,75)(H,73,74)(H,77,78)(H,79,80)(H,81,82)(H,84,85)(H,86,87)(H,88,89)(H2,64,65,83). The summed E-state index contributed by atoms with van der Waals surface area (Å²) in [4.78, 5) is 167. The Hall–Kier alpha value is -9.29. The second kappa shape index (κ2) is 40.2. The largest absolute Gasteiger partial charge is 0.481 e. The fourth-order valence-electron chi connectivity index (χ4n) is 9.48. The Labute approximate surface area is 514 Å². The molecular weight excluding hydrogens is 1170 g/mol. The second-order valence-corrected chi connectivity index (χ2v) is 21.5. The molecular formula is C58H85N11O20. The quantitative estimate of drug-likeness (QED) is 0.0431. The molecule has 1 aliphatic heterocycles. The normalized spacial score (nSPS) is 15.6. The van der Waals surface area contributed by atoms with Crippen LogP contribution in [0, 0.1) is 0 Å². The molecule has 0 aliphatic carbocycles. The number of unbranched alkanes of at least 4 members (excludes halogenated alkanes) is 5. The molecule has 3 rings (SSSR count). The Bertz CT molecular complexity index is 2670. The minimum atomic E-state index is -1.53. The number of aliphatic carboxylic acids is 4. The minimum absolute atomic E-state index is 0.0221. The first kappa shape index (κ1) is 74.0. The summed E-state index contributed by atoms with van der Waals surface area (Å²) in [6, 6.07) is 8.49. The zero-order chi connectivity index (χ0) is 65.8. The number of nitrogens with one attached hydrogen (secondary N) is 7. The third-order valence-corrected chi connectivity index (χ3v) is 14.6. The van der Waals surface area contributed by atoms with Crippen molar-refractivity contribution in [2.45, 2.75) is 146 Å². The highest BCUT2D eigenvalue weighted by atomic mass is 16.4. The van der Waals surface area contributed by atoms with Crippen molar-refractivity contribution in [2.24, 2.45) is 0 Å². The van der Waals surface area contributed by atoms with Crippen LogP contribution in [0.3, 0.4) is 0 Å². The third kappa shape index (κ3) is 30.3. The number of amides is 10. The molecule has 0 saturated carbocycles. The van der Waals surface area contributed by atoms with Gasteiger partial charge in [0.15, 0.2) is 0 Å². The van der Waals surface area contributed by atoms with E-state index in [1.165, 1.54) is 0 Å². The van der Waals surface area contributed by atoms with Gasteiger partial charge in [-0.05, 0) is 75.8 Å². The van der Waals surface area contributed by atoms with Crippen molar-refractivity contribution in [3.8, 4) is 0 Å². The lowest BCUT2D eigenvalue weighted by Gasteiger charge is -2.35. The van der Waals surface area contributed by atoms with E-state index in [2.05, 4.69) is 37.2 Å². The summed E-state index contributed by atoms with van der Waals surface area (Å²) in [5.41, 5.74) is 1.24. The number of carbonyl (C=O) groups excluding carboxylic acids is 6. The first-order valence-electron chi connectivity index (χ1n) is 29.5. The van der Waals surface area contributed by atoms with E-state index in [9.17, 15) is 93.0 Å². The highest BCUT2D eigenvalue weighted by Gasteiger charge is 2.33. The van der Waals surface area contributed by atoms with Crippen LogP contribution in [0.25, 0.3) is 0 Å². The van der Waals surface area contributed by atoms with Gasteiger partial charge in [-0.3, -0.25) is 33.7 Å².